The molecular weight excluding hydrogens is 162 g/mol. The Morgan fingerprint density at radius 3 is 2.54 bits per heavy atom. The van der Waals surface area contributed by atoms with Gasteiger partial charge in [0.15, 0.2) is 0 Å². The Hall–Kier alpha value is -1.77. The summed E-state index contributed by atoms with van der Waals surface area (Å²) in [5.74, 6) is 0. The average molecular weight is 171 g/mol. The van der Waals surface area contributed by atoms with E-state index in [1.807, 2.05) is 37.3 Å². The van der Waals surface area contributed by atoms with Crippen LogP contribution in [0.5, 0.6) is 0 Å². The minimum atomic E-state index is 0.904. The summed E-state index contributed by atoms with van der Waals surface area (Å²) in [4.78, 5) is 0. The Morgan fingerprint density at radius 2 is 1.85 bits per heavy atom. The van der Waals surface area contributed by atoms with E-state index in [9.17, 15) is 0 Å². The van der Waals surface area contributed by atoms with Gasteiger partial charge >= 0.3 is 0 Å². The lowest BCUT2D eigenvalue weighted by Crippen LogP contribution is -1.92. The van der Waals surface area contributed by atoms with Gasteiger partial charge in [0.25, 0.3) is 0 Å². The normalized spacial score (nSPS) is 9.92. The molecule has 0 spiro atoms. The van der Waals surface area contributed by atoms with Crippen molar-refractivity contribution in [3.8, 4) is 11.1 Å². The van der Waals surface area contributed by atoms with Crippen molar-refractivity contribution in [3.05, 3.63) is 42.2 Å². The third-order valence-corrected chi connectivity index (χ3v) is 1.91. The first-order valence-corrected chi connectivity index (χ1v) is 4.08. The van der Waals surface area contributed by atoms with Crippen molar-refractivity contribution in [2.24, 2.45) is 0 Å². The van der Waals surface area contributed by atoms with Crippen LogP contribution in [-0.4, -0.2) is 15.4 Å². The molecule has 0 unspecified atom stereocenters. The molecule has 0 aliphatic heterocycles. The van der Waals surface area contributed by atoms with Crippen molar-refractivity contribution in [2.75, 3.05) is 0 Å². The van der Waals surface area contributed by atoms with Gasteiger partial charge in [0.2, 0.25) is 0 Å². The predicted octanol–water partition coefficient (Wildman–Crippen LogP) is 1.85. The standard InChI is InChI=1S/C10H9N3/c1-8-10(7-11-13-12-8)9-5-3-2-4-6-9/h2-7H,1H3. The lowest BCUT2D eigenvalue weighted by molar-refractivity contribution is 0.842. The summed E-state index contributed by atoms with van der Waals surface area (Å²) in [6.07, 6.45) is 1.73. The fourth-order valence-electron chi connectivity index (χ4n) is 1.22. The number of hydrogen-bond acceptors (Lipinski definition) is 3. The molecule has 2 aromatic rings. The second kappa shape index (κ2) is 3.31. The highest BCUT2D eigenvalue weighted by Gasteiger charge is 2.01. The zero-order valence-electron chi connectivity index (χ0n) is 7.31. The van der Waals surface area contributed by atoms with Gasteiger partial charge in [0, 0.05) is 5.56 Å². The smallest absolute Gasteiger partial charge is 0.0712 e. The number of aromatic nitrogens is 3. The van der Waals surface area contributed by atoms with Crippen molar-refractivity contribution in [1.29, 1.82) is 0 Å². The molecule has 1 heterocycles. The molecule has 3 nitrogen and oxygen atoms in total. The van der Waals surface area contributed by atoms with E-state index in [1.54, 1.807) is 6.20 Å². The van der Waals surface area contributed by atoms with Crippen molar-refractivity contribution in [3.63, 3.8) is 0 Å². The predicted molar refractivity (Wildman–Crippen MR) is 50.0 cm³/mol. The molecule has 0 bridgehead atoms. The molecule has 13 heavy (non-hydrogen) atoms. The van der Waals surface area contributed by atoms with E-state index >= 15 is 0 Å². The van der Waals surface area contributed by atoms with Crippen LogP contribution in [-0.2, 0) is 0 Å². The lowest BCUT2D eigenvalue weighted by Gasteiger charge is -2.01. The number of nitrogens with zero attached hydrogens (tertiary/aromatic N) is 3. The zero-order valence-corrected chi connectivity index (χ0v) is 7.31. The minimum absolute atomic E-state index is 0.904. The van der Waals surface area contributed by atoms with E-state index in [1.165, 1.54) is 0 Å². The van der Waals surface area contributed by atoms with E-state index in [0.717, 1.165) is 16.8 Å². The maximum atomic E-state index is 3.89. The highest BCUT2D eigenvalue weighted by atomic mass is 15.3. The number of benzene rings is 1. The first kappa shape index (κ1) is 7.86. The van der Waals surface area contributed by atoms with Gasteiger partial charge in [-0.2, -0.15) is 0 Å². The van der Waals surface area contributed by atoms with Crippen LogP contribution in [0.1, 0.15) is 5.69 Å². The fraction of sp³-hybridized carbons (Fsp3) is 0.100. The Bertz CT molecular complexity index is 398. The summed E-state index contributed by atoms with van der Waals surface area (Å²) in [7, 11) is 0. The average Bonchev–Trinajstić information content (AvgIpc) is 2.20. The van der Waals surface area contributed by atoms with E-state index in [0.29, 0.717) is 0 Å². The molecule has 64 valence electrons. The van der Waals surface area contributed by atoms with E-state index in [2.05, 4.69) is 15.4 Å². The molecule has 3 heteroatoms. The van der Waals surface area contributed by atoms with E-state index < -0.39 is 0 Å². The van der Waals surface area contributed by atoms with Crippen LogP contribution in [0.2, 0.25) is 0 Å². The molecule has 0 radical (unpaired) electrons. The molecule has 0 amide bonds. The highest BCUT2D eigenvalue weighted by Crippen LogP contribution is 2.18. The number of aryl methyl sites for hydroxylation is 1. The van der Waals surface area contributed by atoms with Gasteiger partial charge < -0.3 is 0 Å². The summed E-state index contributed by atoms with van der Waals surface area (Å²) in [5.41, 5.74) is 3.07. The highest BCUT2D eigenvalue weighted by molar-refractivity contribution is 5.63. The Balaban J connectivity index is 2.54. The van der Waals surface area contributed by atoms with Gasteiger partial charge in [-0.05, 0) is 17.7 Å². The van der Waals surface area contributed by atoms with Crippen LogP contribution < -0.4 is 0 Å². The summed E-state index contributed by atoms with van der Waals surface area (Å²) < 4.78 is 0. The van der Waals surface area contributed by atoms with Crippen LogP contribution in [0.15, 0.2) is 36.5 Å². The maximum Gasteiger partial charge on any atom is 0.0712 e. The molecule has 0 aliphatic rings. The van der Waals surface area contributed by atoms with Crippen LogP contribution in [0.3, 0.4) is 0 Å². The third kappa shape index (κ3) is 1.54. The molecule has 1 aromatic heterocycles. The third-order valence-electron chi connectivity index (χ3n) is 1.91. The van der Waals surface area contributed by atoms with Crippen molar-refractivity contribution in [1.82, 2.24) is 15.4 Å². The topological polar surface area (TPSA) is 38.7 Å². The van der Waals surface area contributed by atoms with Crippen LogP contribution >= 0.6 is 0 Å². The molecule has 0 fully saturated rings. The van der Waals surface area contributed by atoms with Gasteiger partial charge in [0.1, 0.15) is 0 Å². The molecule has 0 saturated heterocycles. The van der Waals surface area contributed by atoms with Crippen LogP contribution in [0.4, 0.5) is 0 Å². The number of hydrogen-bond donors (Lipinski definition) is 0. The molecule has 0 saturated carbocycles. The first-order chi connectivity index (χ1) is 6.38. The van der Waals surface area contributed by atoms with Gasteiger partial charge in [0.05, 0.1) is 11.9 Å². The molecule has 2 rings (SSSR count). The minimum Gasteiger partial charge on any atom is -0.138 e. The van der Waals surface area contributed by atoms with Crippen LogP contribution in [0.25, 0.3) is 11.1 Å². The maximum absolute atomic E-state index is 3.89. The van der Waals surface area contributed by atoms with E-state index in [4.69, 9.17) is 0 Å². The molecule has 0 aliphatic carbocycles. The quantitative estimate of drug-likeness (QED) is 0.657. The first-order valence-electron chi connectivity index (χ1n) is 4.08. The van der Waals surface area contributed by atoms with Gasteiger partial charge in [-0.1, -0.05) is 30.3 Å². The van der Waals surface area contributed by atoms with Crippen molar-refractivity contribution < 1.29 is 0 Å². The molecule has 0 N–H and O–H groups in total. The molecule has 0 atom stereocenters. The monoisotopic (exact) mass is 171 g/mol. The molecule has 1 aromatic carbocycles. The second-order valence-corrected chi connectivity index (χ2v) is 2.80. The van der Waals surface area contributed by atoms with Crippen molar-refractivity contribution >= 4 is 0 Å². The summed E-state index contributed by atoms with van der Waals surface area (Å²) in [6.45, 7) is 1.93. The fourth-order valence-corrected chi connectivity index (χ4v) is 1.22. The number of rotatable bonds is 1. The summed E-state index contributed by atoms with van der Waals surface area (Å²) in [5, 5.41) is 11.2. The van der Waals surface area contributed by atoms with E-state index in [-0.39, 0.29) is 0 Å². The summed E-state index contributed by atoms with van der Waals surface area (Å²) in [6, 6.07) is 10.0. The zero-order chi connectivity index (χ0) is 9.10. The summed E-state index contributed by atoms with van der Waals surface area (Å²) >= 11 is 0. The van der Waals surface area contributed by atoms with Gasteiger partial charge in [-0.15, -0.1) is 10.2 Å². The SMILES string of the molecule is Cc1nnncc1-c1ccccc1. The Morgan fingerprint density at radius 1 is 1.08 bits per heavy atom. The van der Waals surface area contributed by atoms with Crippen molar-refractivity contribution in [2.45, 2.75) is 6.92 Å². The largest absolute Gasteiger partial charge is 0.138 e. The Kier molecular flexibility index (Phi) is 2.00. The molecular formula is C10H9N3. The van der Waals surface area contributed by atoms with Crippen LogP contribution in [0, 0.1) is 6.92 Å². The van der Waals surface area contributed by atoms with Gasteiger partial charge in [-0.3, -0.25) is 0 Å². The second-order valence-electron chi connectivity index (χ2n) is 2.80. The van der Waals surface area contributed by atoms with Gasteiger partial charge in [-0.25, -0.2) is 0 Å². The lowest BCUT2D eigenvalue weighted by atomic mass is 10.1. The Labute approximate surface area is 76.4 Å².